The fraction of sp³-hybridized carbons (Fsp3) is 0.765. The highest BCUT2D eigenvalue weighted by Gasteiger charge is 2.57. The standard InChI is InChI=1S/C51H79N3O18/c1-11-14-17-34-29(4)23-40(65-9)45-41(66-10)24-31(6)51(63,72-45)46(58)47(59)54-21-16-15-18-35(54)48(60)71-44(32(7)38(26-36(34)55)70-50(62)53-28-43(57)68-13-3)30(5)22-33-19-20-37(39(25-33)64-8)69-49(61)52-27-42(56)67-12-2/h11,22,29,31-35,37-41,44-45,63H,1,12-21,23-28H2,2-10H3,(H,52,61)(H,53,62)/b30-22+/t29?,31-,32-,33+,34?,35+,37-,38+,39-,40+,41+,44-,45-,51-/m1/s1. The smallest absolute Gasteiger partial charge is 0.407 e. The maximum Gasteiger partial charge on any atom is 0.407 e. The van der Waals surface area contributed by atoms with Gasteiger partial charge in [0.25, 0.3) is 11.7 Å². The van der Waals surface area contributed by atoms with Gasteiger partial charge in [-0.2, -0.15) is 0 Å². The predicted octanol–water partition coefficient (Wildman–Crippen LogP) is 4.29. The Morgan fingerprint density at radius 3 is 1.99 bits per heavy atom. The molecule has 14 atom stereocenters. The molecule has 0 aromatic carbocycles. The monoisotopic (exact) mass is 1020 g/mol. The highest BCUT2D eigenvalue weighted by molar-refractivity contribution is 6.39. The molecular weight excluding hydrogens is 943 g/mol. The van der Waals surface area contributed by atoms with Gasteiger partial charge in [0, 0.05) is 52.0 Å². The van der Waals surface area contributed by atoms with E-state index < -0.39 is 127 Å². The van der Waals surface area contributed by atoms with E-state index in [4.69, 9.17) is 42.6 Å². The third-order valence-corrected chi connectivity index (χ3v) is 14.5. The Kier molecular flexibility index (Phi) is 23.6. The van der Waals surface area contributed by atoms with Crippen LogP contribution in [0.2, 0.25) is 0 Å². The normalized spacial score (nSPS) is 33.2. The van der Waals surface area contributed by atoms with E-state index in [1.165, 1.54) is 21.3 Å². The van der Waals surface area contributed by atoms with Gasteiger partial charge in [0.1, 0.15) is 49.3 Å². The van der Waals surface area contributed by atoms with Crippen LogP contribution in [0.5, 0.6) is 0 Å². The molecule has 4 rings (SSSR count). The van der Waals surface area contributed by atoms with Crippen molar-refractivity contribution in [1.82, 2.24) is 15.5 Å². The lowest BCUT2D eigenvalue weighted by atomic mass is 9.77. The fourth-order valence-electron chi connectivity index (χ4n) is 10.4. The van der Waals surface area contributed by atoms with E-state index in [1.807, 2.05) is 13.0 Å². The largest absolute Gasteiger partial charge is 0.465 e. The lowest BCUT2D eigenvalue weighted by Crippen LogP contribution is -2.64. The number of nitrogens with zero attached hydrogens (tertiary/aromatic N) is 1. The molecule has 0 radical (unpaired) electrons. The summed E-state index contributed by atoms with van der Waals surface area (Å²) in [6.07, 6.45) is -1.75. The minimum absolute atomic E-state index is 0.0102. The Labute approximate surface area is 423 Å². The molecule has 3 heterocycles. The second kappa shape index (κ2) is 28.5. The number of allylic oxidation sites excluding steroid dienone is 2. The average Bonchev–Trinajstić information content (AvgIpc) is 3.36. The Hall–Kier alpha value is -4.96. The second-order valence-electron chi connectivity index (χ2n) is 19.3. The number of ketones is 2. The van der Waals surface area contributed by atoms with Crippen LogP contribution in [0, 0.1) is 29.6 Å². The number of carbonyl (C=O) groups excluding carboxylic acids is 8. The maximum atomic E-state index is 14.9. The molecule has 406 valence electrons. The van der Waals surface area contributed by atoms with Gasteiger partial charge in [-0.25, -0.2) is 14.4 Å². The van der Waals surface area contributed by atoms with Crippen molar-refractivity contribution in [3.8, 4) is 0 Å². The predicted molar refractivity (Wildman–Crippen MR) is 257 cm³/mol. The summed E-state index contributed by atoms with van der Waals surface area (Å²) in [5.41, 5.74) is 0.492. The lowest BCUT2D eigenvalue weighted by molar-refractivity contribution is -0.302. The number of amides is 3. The number of hydrogen-bond donors (Lipinski definition) is 3. The molecule has 1 aliphatic carbocycles. The molecule has 3 saturated heterocycles. The van der Waals surface area contributed by atoms with E-state index in [1.54, 1.807) is 40.7 Å². The third kappa shape index (κ3) is 15.8. The maximum absolute atomic E-state index is 14.9. The topological polar surface area (TPSA) is 267 Å². The third-order valence-electron chi connectivity index (χ3n) is 14.5. The SMILES string of the molecule is C=CCCC1C(=O)C[C@H](OC(=O)NCC(=O)OCC)[C@@H](C)[C@@H](/C(C)=C/[C@@H]2CC[C@@H](OC(=O)NCC(=O)OCC)[C@H](OC)C2)OC(=O)[C@@H]2CCCCN2C(=O)C(=O)[C@]2(O)O[C@H]([C@@H](OC)CC1C)[C@@H](OC)C[C@H]2C. The molecule has 4 aliphatic rings. The first-order chi connectivity index (χ1) is 34.3. The molecule has 21 heteroatoms. The number of esters is 3. The molecule has 72 heavy (non-hydrogen) atoms. The summed E-state index contributed by atoms with van der Waals surface area (Å²) in [4.78, 5) is 110. The van der Waals surface area contributed by atoms with Gasteiger partial charge in [0.15, 0.2) is 0 Å². The molecule has 2 unspecified atom stereocenters. The van der Waals surface area contributed by atoms with Gasteiger partial charge in [-0.15, -0.1) is 6.58 Å². The highest BCUT2D eigenvalue weighted by atomic mass is 16.7. The summed E-state index contributed by atoms with van der Waals surface area (Å²) in [5.74, 6) is -10.8. The zero-order chi connectivity index (χ0) is 53.3. The Balaban J connectivity index is 1.82. The number of Topliss-reactive ketones (excluding diaryl/α,β-unsaturated/α-hetero) is 2. The zero-order valence-corrected chi connectivity index (χ0v) is 43.5. The van der Waals surface area contributed by atoms with Crippen molar-refractivity contribution in [1.29, 1.82) is 0 Å². The Bertz CT molecular complexity index is 1930. The Morgan fingerprint density at radius 1 is 0.806 bits per heavy atom. The molecule has 0 spiro atoms. The molecule has 3 aliphatic heterocycles. The molecule has 4 fully saturated rings. The molecule has 3 amide bonds. The first-order valence-corrected chi connectivity index (χ1v) is 25.3. The van der Waals surface area contributed by atoms with Crippen LogP contribution in [0.15, 0.2) is 24.3 Å². The first-order valence-electron chi connectivity index (χ1n) is 25.3. The molecule has 0 aromatic heterocycles. The molecule has 1 saturated carbocycles. The zero-order valence-electron chi connectivity index (χ0n) is 43.5. The number of ether oxygens (including phenoxy) is 9. The van der Waals surface area contributed by atoms with E-state index in [-0.39, 0.29) is 63.7 Å². The summed E-state index contributed by atoms with van der Waals surface area (Å²) in [7, 11) is 4.38. The van der Waals surface area contributed by atoms with Crippen LogP contribution < -0.4 is 10.6 Å². The van der Waals surface area contributed by atoms with Gasteiger partial charge in [-0.05, 0) is 102 Å². The van der Waals surface area contributed by atoms with Gasteiger partial charge in [0.05, 0.1) is 31.5 Å². The second-order valence-corrected chi connectivity index (χ2v) is 19.3. The molecule has 21 nitrogen and oxygen atoms in total. The Morgan fingerprint density at radius 2 is 1.40 bits per heavy atom. The van der Waals surface area contributed by atoms with E-state index in [0.717, 1.165) is 4.90 Å². The number of methoxy groups -OCH3 is 3. The van der Waals surface area contributed by atoms with Gasteiger partial charge in [0.2, 0.25) is 5.79 Å². The minimum Gasteiger partial charge on any atom is -0.465 e. The van der Waals surface area contributed by atoms with Gasteiger partial charge in [-0.3, -0.25) is 24.0 Å². The number of hydrogen-bond acceptors (Lipinski definition) is 18. The minimum atomic E-state index is -2.63. The van der Waals surface area contributed by atoms with E-state index in [2.05, 4.69) is 17.2 Å². The number of aliphatic hydroxyl groups is 1. The van der Waals surface area contributed by atoms with Crippen molar-refractivity contribution >= 4 is 47.6 Å². The van der Waals surface area contributed by atoms with Crippen molar-refractivity contribution in [3.05, 3.63) is 24.3 Å². The van der Waals surface area contributed by atoms with Crippen molar-refractivity contribution in [2.24, 2.45) is 29.6 Å². The number of nitrogens with one attached hydrogen (secondary N) is 2. The van der Waals surface area contributed by atoms with Crippen LogP contribution in [0.25, 0.3) is 0 Å². The molecule has 2 bridgehead atoms. The average molecular weight is 1020 g/mol. The summed E-state index contributed by atoms with van der Waals surface area (Å²) in [6, 6.07) is -1.29. The van der Waals surface area contributed by atoms with Crippen LogP contribution in [0.1, 0.15) is 112 Å². The van der Waals surface area contributed by atoms with Crippen LogP contribution in [0.3, 0.4) is 0 Å². The number of rotatable bonds is 16. The van der Waals surface area contributed by atoms with E-state index in [9.17, 15) is 43.5 Å². The van der Waals surface area contributed by atoms with Crippen LogP contribution in [-0.2, 0) is 71.4 Å². The summed E-state index contributed by atoms with van der Waals surface area (Å²) < 4.78 is 51.8. The van der Waals surface area contributed by atoms with Crippen molar-refractivity contribution in [2.45, 2.75) is 167 Å². The van der Waals surface area contributed by atoms with E-state index >= 15 is 0 Å². The fourth-order valence-corrected chi connectivity index (χ4v) is 10.4. The van der Waals surface area contributed by atoms with Crippen molar-refractivity contribution in [2.75, 3.05) is 54.2 Å². The van der Waals surface area contributed by atoms with Crippen LogP contribution in [-0.4, -0.2) is 166 Å². The lowest BCUT2D eigenvalue weighted by Gasteiger charge is -2.47. The van der Waals surface area contributed by atoms with Gasteiger partial charge in [-0.1, -0.05) is 32.9 Å². The molecule has 3 N–H and O–H groups in total. The van der Waals surface area contributed by atoms with Crippen molar-refractivity contribution in [3.63, 3.8) is 0 Å². The van der Waals surface area contributed by atoms with E-state index in [0.29, 0.717) is 50.5 Å². The van der Waals surface area contributed by atoms with Gasteiger partial charge < -0.3 is 63.3 Å². The molecular formula is C51H79N3O18. The number of alkyl carbamates (subject to hydrolysis) is 2. The number of cyclic esters (lactones) is 1. The van der Waals surface area contributed by atoms with Crippen LogP contribution in [0.4, 0.5) is 9.59 Å². The van der Waals surface area contributed by atoms with Crippen molar-refractivity contribution < 1.29 is 86.1 Å². The number of piperidine rings is 1. The summed E-state index contributed by atoms with van der Waals surface area (Å²) in [6.45, 7) is 13.3. The number of carbonyl (C=O) groups is 8. The quantitative estimate of drug-likeness (QED) is 0.0842. The summed E-state index contributed by atoms with van der Waals surface area (Å²) in [5, 5.41) is 17.0. The summed E-state index contributed by atoms with van der Waals surface area (Å²) >= 11 is 0. The number of fused-ring (bicyclic) bond motifs is 3. The molecule has 0 aromatic rings. The highest BCUT2D eigenvalue weighted by Crippen LogP contribution is 2.40. The van der Waals surface area contributed by atoms with Gasteiger partial charge >= 0.3 is 30.1 Å². The first kappa shape index (κ1) is 59.6. The van der Waals surface area contributed by atoms with Crippen LogP contribution >= 0.6 is 0 Å².